The maximum atomic E-state index is 12.8. The van der Waals surface area contributed by atoms with Gasteiger partial charge in [0.15, 0.2) is 0 Å². The zero-order chi connectivity index (χ0) is 14.9. The van der Waals surface area contributed by atoms with Gasteiger partial charge in [-0.2, -0.15) is 17.0 Å². The van der Waals surface area contributed by atoms with E-state index in [9.17, 15) is 8.42 Å². The minimum Gasteiger partial charge on any atom is -0.195 e. The van der Waals surface area contributed by atoms with E-state index >= 15 is 0 Å². The monoisotopic (exact) mass is 308 g/mol. The number of piperidine rings is 1. The fourth-order valence-corrected chi connectivity index (χ4v) is 4.90. The summed E-state index contributed by atoms with van der Waals surface area (Å²) in [5.41, 5.74) is 2.59. The maximum Gasteiger partial charge on any atom is 0.281 e. The Balaban J connectivity index is 1.73. The van der Waals surface area contributed by atoms with Gasteiger partial charge in [0, 0.05) is 26.2 Å². The molecular weight excluding hydrogens is 284 g/mol. The van der Waals surface area contributed by atoms with Gasteiger partial charge in [0.2, 0.25) is 0 Å². The Morgan fingerprint density at radius 1 is 0.905 bits per heavy atom. The zero-order valence-electron chi connectivity index (χ0n) is 12.7. The number of fused-ring (bicyclic) bond motifs is 1. The molecule has 0 aromatic heterocycles. The third-order valence-electron chi connectivity index (χ3n) is 4.77. The molecule has 2 heterocycles. The van der Waals surface area contributed by atoms with Crippen molar-refractivity contribution in [3.63, 3.8) is 0 Å². The summed E-state index contributed by atoms with van der Waals surface area (Å²) in [5, 5.41) is 0. The number of benzene rings is 1. The summed E-state index contributed by atoms with van der Waals surface area (Å²) in [6.45, 7) is 4.75. The van der Waals surface area contributed by atoms with Crippen LogP contribution in [0.2, 0.25) is 0 Å². The second-order valence-electron chi connectivity index (χ2n) is 6.26. The van der Waals surface area contributed by atoms with Crippen molar-refractivity contribution in [1.82, 2.24) is 8.61 Å². The quantitative estimate of drug-likeness (QED) is 0.839. The van der Waals surface area contributed by atoms with Crippen LogP contribution >= 0.6 is 0 Å². The van der Waals surface area contributed by atoms with Crippen molar-refractivity contribution in [2.75, 3.05) is 26.2 Å². The Morgan fingerprint density at radius 3 is 1.90 bits per heavy atom. The molecule has 0 amide bonds. The normalized spacial score (nSPS) is 22.7. The van der Waals surface area contributed by atoms with Crippen LogP contribution in [0.15, 0.2) is 24.3 Å². The van der Waals surface area contributed by atoms with Gasteiger partial charge in [-0.3, -0.25) is 0 Å². The van der Waals surface area contributed by atoms with E-state index in [-0.39, 0.29) is 0 Å². The molecule has 1 saturated heterocycles. The Kier molecular flexibility index (Phi) is 4.33. The number of nitrogens with zero attached hydrogens (tertiary/aromatic N) is 2. The van der Waals surface area contributed by atoms with Crippen LogP contribution in [0.25, 0.3) is 0 Å². The first-order valence-corrected chi connectivity index (χ1v) is 9.29. The molecule has 2 aliphatic rings. The van der Waals surface area contributed by atoms with Crippen molar-refractivity contribution in [2.24, 2.45) is 5.92 Å². The molecule has 0 atom stereocenters. The van der Waals surface area contributed by atoms with Crippen LogP contribution in [0.4, 0.5) is 0 Å². The van der Waals surface area contributed by atoms with Gasteiger partial charge in [-0.25, -0.2) is 0 Å². The summed E-state index contributed by atoms with van der Waals surface area (Å²) in [6.07, 6.45) is 3.60. The lowest BCUT2D eigenvalue weighted by molar-refractivity contribution is 0.265. The topological polar surface area (TPSA) is 40.6 Å². The SMILES string of the molecule is CC1CCN(S(=O)(=O)N2CCc3ccccc3CC2)CC1. The van der Waals surface area contributed by atoms with Crippen LogP contribution in [0.5, 0.6) is 0 Å². The summed E-state index contributed by atoms with van der Waals surface area (Å²) in [7, 11) is -3.28. The molecule has 116 valence electrons. The lowest BCUT2D eigenvalue weighted by atomic mass is 10.0. The molecule has 0 spiro atoms. The molecule has 0 bridgehead atoms. The number of hydrogen-bond donors (Lipinski definition) is 0. The third kappa shape index (κ3) is 3.15. The summed E-state index contributed by atoms with van der Waals surface area (Å²) in [6, 6.07) is 8.31. The van der Waals surface area contributed by atoms with E-state index in [1.165, 1.54) is 11.1 Å². The van der Waals surface area contributed by atoms with E-state index < -0.39 is 10.2 Å². The predicted octanol–water partition coefficient (Wildman–Crippen LogP) is 2.06. The molecule has 1 aromatic rings. The van der Waals surface area contributed by atoms with Crippen LogP contribution < -0.4 is 0 Å². The molecule has 4 nitrogen and oxygen atoms in total. The average Bonchev–Trinajstić information content (AvgIpc) is 2.70. The minimum absolute atomic E-state index is 0.603. The van der Waals surface area contributed by atoms with Gasteiger partial charge >= 0.3 is 0 Å². The summed E-state index contributed by atoms with van der Waals surface area (Å²) in [5.74, 6) is 0.643. The van der Waals surface area contributed by atoms with Gasteiger partial charge in [-0.05, 0) is 42.7 Å². The molecule has 0 N–H and O–H groups in total. The standard InChI is InChI=1S/C16H24N2O2S/c1-14-6-10-17(11-7-14)21(19,20)18-12-8-15-4-2-3-5-16(15)9-13-18/h2-5,14H,6-13H2,1H3. The number of hydrogen-bond acceptors (Lipinski definition) is 2. The van der Waals surface area contributed by atoms with Crippen LogP contribution in [0.1, 0.15) is 30.9 Å². The van der Waals surface area contributed by atoms with E-state index in [2.05, 4.69) is 19.1 Å². The van der Waals surface area contributed by atoms with Crippen molar-refractivity contribution >= 4 is 10.2 Å². The fraction of sp³-hybridized carbons (Fsp3) is 0.625. The molecule has 1 aromatic carbocycles. The summed E-state index contributed by atoms with van der Waals surface area (Å²) < 4.78 is 29.0. The van der Waals surface area contributed by atoms with Gasteiger partial charge in [-0.15, -0.1) is 0 Å². The van der Waals surface area contributed by atoms with E-state index in [1.54, 1.807) is 8.61 Å². The van der Waals surface area contributed by atoms with Gasteiger partial charge in [0.05, 0.1) is 0 Å². The molecule has 5 heteroatoms. The van der Waals surface area contributed by atoms with Gasteiger partial charge in [0.25, 0.3) is 10.2 Å². The van der Waals surface area contributed by atoms with Crippen LogP contribution in [0, 0.1) is 5.92 Å². The molecule has 3 rings (SSSR count). The predicted molar refractivity (Wildman–Crippen MR) is 84.3 cm³/mol. The fourth-order valence-electron chi connectivity index (χ4n) is 3.26. The van der Waals surface area contributed by atoms with E-state index in [4.69, 9.17) is 0 Å². The summed E-state index contributed by atoms with van der Waals surface area (Å²) in [4.78, 5) is 0. The van der Waals surface area contributed by atoms with Crippen molar-refractivity contribution in [3.05, 3.63) is 35.4 Å². The summed E-state index contributed by atoms with van der Waals surface area (Å²) >= 11 is 0. The lowest BCUT2D eigenvalue weighted by Gasteiger charge is -2.33. The molecule has 0 unspecified atom stereocenters. The highest BCUT2D eigenvalue weighted by Gasteiger charge is 2.32. The molecule has 2 aliphatic heterocycles. The van der Waals surface area contributed by atoms with Gasteiger partial charge < -0.3 is 0 Å². The highest BCUT2D eigenvalue weighted by molar-refractivity contribution is 7.86. The van der Waals surface area contributed by atoms with Crippen molar-refractivity contribution in [3.8, 4) is 0 Å². The first kappa shape index (κ1) is 15.0. The van der Waals surface area contributed by atoms with E-state index in [0.29, 0.717) is 32.1 Å². The first-order chi connectivity index (χ1) is 10.1. The minimum atomic E-state index is -3.28. The Bertz CT molecular complexity index is 565. The lowest BCUT2D eigenvalue weighted by Crippen LogP contribution is -2.47. The Hall–Kier alpha value is -0.910. The number of rotatable bonds is 2. The molecular formula is C16H24N2O2S. The maximum absolute atomic E-state index is 12.8. The van der Waals surface area contributed by atoms with Gasteiger partial charge in [0.1, 0.15) is 0 Å². The molecule has 0 aliphatic carbocycles. The van der Waals surface area contributed by atoms with Crippen LogP contribution in [0.3, 0.4) is 0 Å². The first-order valence-electron chi connectivity index (χ1n) is 7.89. The highest BCUT2D eigenvalue weighted by atomic mass is 32.2. The Labute approximate surface area is 127 Å². The van der Waals surface area contributed by atoms with Crippen molar-refractivity contribution in [1.29, 1.82) is 0 Å². The van der Waals surface area contributed by atoms with Crippen molar-refractivity contribution < 1.29 is 8.42 Å². The average molecular weight is 308 g/mol. The van der Waals surface area contributed by atoms with Crippen LogP contribution in [-0.4, -0.2) is 43.2 Å². The molecule has 0 saturated carbocycles. The van der Waals surface area contributed by atoms with E-state index in [0.717, 1.165) is 25.7 Å². The molecule has 0 radical (unpaired) electrons. The second kappa shape index (κ2) is 6.07. The molecule has 21 heavy (non-hydrogen) atoms. The van der Waals surface area contributed by atoms with Crippen LogP contribution in [-0.2, 0) is 23.1 Å². The largest absolute Gasteiger partial charge is 0.281 e. The zero-order valence-corrected chi connectivity index (χ0v) is 13.5. The third-order valence-corrected chi connectivity index (χ3v) is 6.81. The smallest absolute Gasteiger partial charge is 0.195 e. The van der Waals surface area contributed by atoms with Gasteiger partial charge in [-0.1, -0.05) is 31.2 Å². The van der Waals surface area contributed by atoms with Crippen molar-refractivity contribution in [2.45, 2.75) is 32.6 Å². The molecule has 1 fully saturated rings. The highest BCUT2D eigenvalue weighted by Crippen LogP contribution is 2.23. The second-order valence-corrected chi connectivity index (χ2v) is 8.19. The van der Waals surface area contributed by atoms with E-state index in [1.807, 2.05) is 12.1 Å². The Morgan fingerprint density at radius 2 is 1.38 bits per heavy atom.